The second-order valence-corrected chi connectivity index (χ2v) is 15.0. The first kappa shape index (κ1) is 32.6. The lowest BCUT2D eigenvalue weighted by atomic mass is 9.90. The van der Waals surface area contributed by atoms with E-state index in [2.05, 4.69) is 16.8 Å². The zero-order valence-corrected chi connectivity index (χ0v) is 28.2. The lowest BCUT2D eigenvalue weighted by Crippen LogP contribution is -2.50. The number of anilines is 2. The minimum atomic E-state index is -2.93. The molecule has 0 spiro atoms. The van der Waals surface area contributed by atoms with Crippen molar-refractivity contribution in [2.45, 2.75) is 57.2 Å². The van der Waals surface area contributed by atoms with Gasteiger partial charge in [0.1, 0.15) is 41.4 Å². The Bertz CT molecular complexity index is 2030. The fraction of sp³-hybridized carbons (Fsp3) is 0.500. The zero-order chi connectivity index (χ0) is 34.2. The van der Waals surface area contributed by atoms with Gasteiger partial charge in [-0.15, -0.1) is 11.3 Å². The van der Waals surface area contributed by atoms with Gasteiger partial charge in [-0.3, -0.25) is 4.90 Å². The average Bonchev–Trinajstić information content (AvgIpc) is 3.68. The Morgan fingerprint density at radius 2 is 2.06 bits per heavy atom. The Morgan fingerprint density at radius 1 is 1.22 bits per heavy atom. The number of benzene rings is 2. The second-order valence-electron chi connectivity index (χ2n) is 13.6. The second kappa shape index (κ2) is 12.3. The number of nitriles is 1. The third-order valence-electron chi connectivity index (χ3n) is 10.6. The first-order valence-electron chi connectivity index (χ1n) is 16.4. The van der Waals surface area contributed by atoms with Crippen molar-refractivity contribution < 1.29 is 31.8 Å². The van der Waals surface area contributed by atoms with Crippen molar-refractivity contribution in [2.24, 2.45) is 11.8 Å². The van der Waals surface area contributed by atoms with Gasteiger partial charge in [0.2, 0.25) is 0 Å². The van der Waals surface area contributed by atoms with Crippen LogP contribution in [0.5, 0.6) is 11.8 Å². The van der Waals surface area contributed by atoms with Crippen LogP contribution in [-0.2, 0) is 4.74 Å². The molecule has 4 aromatic rings. The van der Waals surface area contributed by atoms with E-state index in [0.29, 0.717) is 37.7 Å². The van der Waals surface area contributed by atoms with Crippen molar-refractivity contribution in [3.8, 4) is 29.0 Å². The number of aromatic nitrogens is 2. The number of fused-ring (bicyclic) bond motifs is 4. The standard InChI is InChI=1S/C34H33ClF4N6O3S/c1-16-10-34(7-3-8-44(34)12-16)15-48-33-42-27-24-28(46-14-21-17(13-47-32(38)39)4-2-9-45(21)31(24)43-33)25(35)23(26(27)37)18-5-6-20(36)29-22(18)19(11-40)30(41)49-29/h5-6,16-17,21,32H,2-4,7-10,12-15,41H2,1H3/t16-,17?,21?,34?/m1/s1. The first-order chi connectivity index (χ1) is 23.6. The van der Waals surface area contributed by atoms with E-state index >= 15 is 8.78 Å². The fourth-order valence-corrected chi connectivity index (χ4v) is 9.88. The van der Waals surface area contributed by atoms with Gasteiger partial charge in [-0.25, -0.2) is 8.78 Å². The maximum atomic E-state index is 17.2. The smallest absolute Gasteiger partial charge is 0.345 e. The molecule has 258 valence electrons. The fourth-order valence-electron chi connectivity index (χ4n) is 8.59. The summed E-state index contributed by atoms with van der Waals surface area (Å²) in [6.07, 6.45) is 4.25. The van der Waals surface area contributed by atoms with Crippen LogP contribution in [-0.4, -0.2) is 72.5 Å². The number of thiophene rings is 1. The van der Waals surface area contributed by atoms with E-state index in [4.69, 9.17) is 36.5 Å². The Hall–Kier alpha value is -3.64. The van der Waals surface area contributed by atoms with Gasteiger partial charge in [-0.05, 0) is 56.2 Å². The molecule has 9 nitrogen and oxygen atoms in total. The van der Waals surface area contributed by atoms with Crippen LogP contribution >= 0.6 is 22.9 Å². The average molecular weight is 717 g/mol. The molecule has 2 aromatic carbocycles. The van der Waals surface area contributed by atoms with Gasteiger partial charge in [0.05, 0.1) is 38.9 Å². The summed E-state index contributed by atoms with van der Waals surface area (Å²) in [5.41, 5.74) is 5.83. The van der Waals surface area contributed by atoms with Crippen LogP contribution in [0.1, 0.15) is 44.6 Å². The highest BCUT2D eigenvalue weighted by Gasteiger charge is 2.48. The molecular formula is C34H33ClF4N6O3S. The van der Waals surface area contributed by atoms with E-state index in [9.17, 15) is 14.0 Å². The number of nitrogens with two attached hydrogens (primary N) is 1. The Balaban J connectivity index is 1.32. The van der Waals surface area contributed by atoms with Crippen LogP contribution in [0.4, 0.5) is 28.4 Å². The summed E-state index contributed by atoms with van der Waals surface area (Å²) in [5, 5.41) is 10.3. The molecule has 3 unspecified atom stereocenters. The molecule has 3 fully saturated rings. The van der Waals surface area contributed by atoms with Crippen molar-refractivity contribution in [1.82, 2.24) is 14.9 Å². The van der Waals surface area contributed by atoms with E-state index in [1.807, 2.05) is 11.0 Å². The number of halogens is 5. The number of hydrogen-bond donors (Lipinski definition) is 1. The van der Waals surface area contributed by atoms with Crippen molar-refractivity contribution in [1.29, 1.82) is 5.26 Å². The quantitative estimate of drug-likeness (QED) is 0.196. The predicted octanol–water partition coefficient (Wildman–Crippen LogP) is 7.37. The predicted molar refractivity (Wildman–Crippen MR) is 179 cm³/mol. The van der Waals surface area contributed by atoms with Crippen LogP contribution in [0.2, 0.25) is 5.02 Å². The van der Waals surface area contributed by atoms with Crippen LogP contribution in [0.25, 0.3) is 32.1 Å². The van der Waals surface area contributed by atoms with Crippen molar-refractivity contribution in [3.63, 3.8) is 0 Å². The summed E-state index contributed by atoms with van der Waals surface area (Å²) >= 11 is 7.93. The number of rotatable bonds is 7. The van der Waals surface area contributed by atoms with Crippen LogP contribution in [0.15, 0.2) is 12.1 Å². The molecule has 2 N–H and O–H groups in total. The van der Waals surface area contributed by atoms with Gasteiger partial charge in [-0.1, -0.05) is 24.6 Å². The Morgan fingerprint density at radius 3 is 2.86 bits per heavy atom. The number of nitrogens with zero attached hydrogens (tertiary/aromatic N) is 5. The molecule has 4 aliphatic heterocycles. The van der Waals surface area contributed by atoms with Crippen LogP contribution < -0.4 is 20.1 Å². The van der Waals surface area contributed by atoms with Gasteiger partial charge < -0.3 is 24.8 Å². The third-order valence-corrected chi connectivity index (χ3v) is 12.0. The van der Waals surface area contributed by atoms with Gasteiger partial charge >= 0.3 is 12.6 Å². The highest BCUT2D eigenvalue weighted by molar-refractivity contribution is 7.23. The number of hydrogen-bond acceptors (Lipinski definition) is 10. The summed E-state index contributed by atoms with van der Waals surface area (Å²) in [6, 6.07) is 4.08. The molecule has 2 aromatic heterocycles. The summed E-state index contributed by atoms with van der Waals surface area (Å²) in [4.78, 5) is 13.9. The van der Waals surface area contributed by atoms with Gasteiger partial charge in [0.15, 0.2) is 11.6 Å². The topological polar surface area (TPSA) is 110 Å². The molecule has 15 heteroatoms. The lowest BCUT2D eigenvalue weighted by Gasteiger charge is -2.40. The molecule has 0 saturated carbocycles. The van der Waals surface area contributed by atoms with Crippen LogP contribution in [0, 0.1) is 34.8 Å². The molecule has 4 atom stereocenters. The third kappa shape index (κ3) is 5.23. The molecule has 8 rings (SSSR count). The minimum Gasteiger partial charge on any atom is -0.489 e. The monoisotopic (exact) mass is 716 g/mol. The number of alkyl halides is 2. The Kier molecular flexibility index (Phi) is 8.17. The first-order valence-corrected chi connectivity index (χ1v) is 17.6. The summed E-state index contributed by atoms with van der Waals surface area (Å²) < 4.78 is 76.1. The minimum absolute atomic E-state index is 0.00872. The molecule has 3 saturated heterocycles. The van der Waals surface area contributed by atoms with Crippen molar-refractivity contribution in [2.75, 3.05) is 50.1 Å². The zero-order valence-electron chi connectivity index (χ0n) is 26.6. The highest BCUT2D eigenvalue weighted by Crippen LogP contribution is 2.52. The molecule has 0 amide bonds. The molecule has 0 radical (unpaired) electrons. The van der Waals surface area contributed by atoms with E-state index in [-0.39, 0.29) is 84.1 Å². The number of ether oxygens (including phenoxy) is 3. The summed E-state index contributed by atoms with van der Waals surface area (Å²) in [7, 11) is 0. The molecule has 0 bridgehead atoms. The lowest BCUT2D eigenvalue weighted by molar-refractivity contribution is -0.141. The molecule has 6 heterocycles. The Labute approximate surface area is 288 Å². The van der Waals surface area contributed by atoms with Crippen molar-refractivity contribution >= 4 is 54.7 Å². The number of nitrogen functional groups attached to an aromatic ring is 1. The summed E-state index contributed by atoms with van der Waals surface area (Å²) in [6.45, 7) is 1.89. The van der Waals surface area contributed by atoms with Gasteiger partial charge in [-0.2, -0.15) is 24.0 Å². The summed E-state index contributed by atoms with van der Waals surface area (Å²) in [5.74, 6) is -0.851. The van der Waals surface area contributed by atoms with E-state index in [1.165, 1.54) is 12.1 Å². The SMILES string of the molecule is C[C@H]1CN2CCCC2(COc2nc3c4c(c(Cl)c(-c5ccc(F)c6sc(N)c(C#N)c56)c(F)c4n2)OCC2C(COC(F)F)CCCN32)C1. The van der Waals surface area contributed by atoms with Crippen LogP contribution in [0.3, 0.4) is 0 Å². The van der Waals surface area contributed by atoms with E-state index in [1.54, 1.807) is 0 Å². The van der Waals surface area contributed by atoms with E-state index < -0.39 is 24.3 Å². The highest BCUT2D eigenvalue weighted by atomic mass is 35.5. The molecule has 0 aliphatic carbocycles. The normalized spacial score (nSPS) is 25.0. The largest absolute Gasteiger partial charge is 0.489 e. The molecular weight excluding hydrogens is 684 g/mol. The molecule has 49 heavy (non-hydrogen) atoms. The van der Waals surface area contributed by atoms with E-state index in [0.717, 1.165) is 43.7 Å². The van der Waals surface area contributed by atoms with Crippen molar-refractivity contribution in [3.05, 3.63) is 34.4 Å². The number of piperidine rings is 1. The van der Waals surface area contributed by atoms with Gasteiger partial charge in [0, 0.05) is 30.0 Å². The van der Waals surface area contributed by atoms with Gasteiger partial charge in [0.25, 0.3) is 0 Å². The maximum absolute atomic E-state index is 17.2. The maximum Gasteiger partial charge on any atom is 0.345 e. The molecule has 4 aliphatic rings.